The van der Waals surface area contributed by atoms with Crippen molar-refractivity contribution in [3.63, 3.8) is 0 Å². The van der Waals surface area contributed by atoms with Crippen LogP contribution in [0.4, 0.5) is 11.4 Å². The van der Waals surface area contributed by atoms with Gasteiger partial charge in [0, 0.05) is 6.04 Å². The van der Waals surface area contributed by atoms with Crippen molar-refractivity contribution in [1.82, 2.24) is 0 Å². The first-order valence-electron chi connectivity index (χ1n) is 5.09. The highest BCUT2D eigenvalue weighted by molar-refractivity contribution is 7.80. The van der Waals surface area contributed by atoms with Gasteiger partial charge in [0.1, 0.15) is 0 Å². The van der Waals surface area contributed by atoms with E-state index in [0.29, 0.717) is 11.2 Å². The van der Waals surface area contributed by atoms with Crippen molar-refractivity contribution in [1.29, 1.82) is 0 Å². The maximum Gasteiger partial charge on any atom is 0.168 e. The maximum atomic E-state index is 5.48. The molecule has 0 amide bonds. The molecule has 1 aromatic rings. The Morgan fingerprint density at radius 3 is 2.80 bits per heavy atom. The van der Waals surface area contributed by atoms with Gasteiger partial charge in [0.2, 0.25) is 0 Å². The minimum absolute atomic E-state index is 0.305. The highest BCUT2D eigenvalue weighted by Gasteiger charge is 2.22. The van der Waals surface area contributed by atoms with Crippen molar-refractivity contribution in [3.8, 4) is 0 Å². The lowest BCUT2D eigenvalue weighted by molar-refractivity contribution is 1.15. The quantitative estimate of drug-likeness (QED) is 0.685. The molecular weight excluding hydrogens is 206 g/mol. The molecular formula is C11H15N3S. The smallest absolute Gasteiger partial charge is 0.168 e. The van der Waals surface area contributed by atoms with Gasteiger partial charge in [-0.3, -0.25) is 0 Å². The van der Waals surface area contributed by atoms with E-state index in [1.54, 1.807) is 0 Å². The van der Waals surface area contributed by atoms with Gasteiger partial charge in [-0.15, -0.1) is 0 Å². The average molecular weight is 221 g/mol. The second-order valence-electron chi connectivity index (χ2n) is 3.91. The summed E-state index contributed by atoms with van der Waals surface area (Å²) >= 11 is 4.85. The van der Waals surface area contributed by atoms with Crippen LogP contribution < -0.4 is 16.4 Å². The van der Waals surface area contributed by atoms with Gasteiger partial charge in [-0.2, -0.15) is 0 Å². The molecule has 0 saturated heterocycles. The standard InChI is InChI=1S/C11H15N3S/c1-7-3-2-4-9(14-11(12)15)10(7)13-8-5-6-8/h2-4,8,13H,5-6H2,1H3,(H3,12,14,15). The summed E-state index contributed by atoms with van der Waals surface area (Å²) in [7, 11) is 0. The zero-order valence-electron chi connectivity index (χ0n) is 8.71. The number of aryl methyl sites for hydroxylation is 1. The van der Waals surface area contributed by atoms with Gasteiger partial charge < -0.3 is 16.4 Å². The number of rotatable bonds is 3. The van der Waals surface area contributed by atoms with Crippen molar-refractivity contribution >= 4 is 28.7 Å². The highest BCUT2D eigenvalue weighted by atomic mass is 32.1. The largest absolute Gasteiger partial charge is 0.380 e. The number of thiocarbonyl (C=S) groups is 1. The fraction of sp³-hybridized carbons (Fsp3) is 0.364. The van der Waals surface area contributed by atoms with E-state index in [-0.39, 0.29) is 0 Å². The summed E-state index contributed by atoms with van der Waals surface area (Å²) in [6, 6.07) is 6.68. The summed E-state index contributed by atoms with van der Waals surface area (Å²) in [5.74, 6) is 0. The van der Waals surface area contributed by atoms with Crippen molar-refractivity contribution < 1.29 is 0 Å². The predicted molar refractivity (Wildman–Crippen MR) is 68.2 cm³/mol. The number of benzene rings is 1. The van der Waals surface area contributed by atoms with Crippen LogP contribution in [0.5, 0.6) is 0 Å². The average Bonchev–Trinajstić information content (AvgIpc) is 2.94. The Labute approximate surface area is 95.0 Å². The number of hydrogen-bond donors (Lipinski definition) is 3. The van der Waals surface area contributed by atoms with E-state index in [1.165, 1.54) is 18.4 Å². The van der Waals surface area contributed by atoms with Crippen molar-refractivity contribution in [2.45, 2.75) is 25.8 Å². The lowest BCUT2D eigenvalue weighted by Crippen LogP contribution is -2.20. The molecule has 1 saturated carbocycles. The van der Waals surface area contributed by atoms with E-state index >= 15 is 0 Å². The summed E-state index contributed by atoms with van der Waals surface area (Å²) < 4.78 is 0. The molecule has 3 nitrogen and oxygen atoms in total. The summed E-state index contributed by atoms with van der Waals surface area (Å²) in [6.45, 7) is 2.08. The van der Waals surface area contributed by atoms with Gasteiger partial charge in [-0.05, 0) is 43.6 Å². The lowest BCUT2D eigenvalue weighted by Gasteiger charge is -2.14. The number of nitrogens with one attached hydrogen (secondary N) is 2. The fourth-order valence-electron chi connectivity index (χ4n) is 1.53. The van der Waals surface area contributed by atoms with Crippen LogP contribution in [0.15, 0.2) is 18.2 Å². The normalized spacial score (nSPS) is 14.7. The molecule has 0 unspecified atom stereocenters. The van der Waals surface area contributed by atoms with Gasteiger partial charge in [-0.1, -0.05) is 12.1 Å². The first kappa shape index (κ1) is 10.2. The van der Waals surface area contributed by atoms with Gasteiger partial charge in [0.05, 0.1) is 11.4 Å². The molecule has 15 heavy (non-hydrogen) atoms. The Balaban J connectivity index is 2.25. The lowest BCUT2D eigenvalue weighted by atomic mass is 10.1. The number of para-hydroxylation sites is 1. The van der Waals surface area contributed by atoms with E-state index in [4.69, 9.17) is 18.0 Å². The van der Waals surface area contributed by atoms with Gasteiger partial charge >= 0.3 is 0 Å². The molecule has 2 rings (SSSR count). The van der Waals surface area contributed by atoms with Crippen molar-refractivity contribution in [2.24, 2.45) is 5.73 Å². The molecule has 1 aliphatic carbocycles. The predicted octanol–water partition coefficient (Wildman–Crippen LogP) is 2.22. The molecule has 1 fully saturated rings. The van der Waals surface area contributed by atoms with Crippen LogP contribution in [0, 0.1) is 6.92 Å². The third-order valence-electron chi connectivity index (χ3n) is 2.46. The Morgan fingerprint density at radius 1 is 1.47 bits per heavy atom. The van der Waals surface area contributed by atoms with Crippen LogP contribution in [-0.2, 0) is 0 Å². The Morgan fingerprint density at radius 2 is 2.20 bits per heavy atom. The molecule has 4 N–H and O–H groups in total. The van der Waals surface area contributed by atoms with Crippen LogP contribution in [-0.4, -0.2) is 11.2 Å². The molecule has 0 spiro atoms. The van der Waals surface area contributed by atoms with E-state index in [1.807, 2.05) is 12.1 Å². The topological polar surface area (TPSA) is 50.1 Å². The molecule has 4 heteroatoms. The van der Waals surface area contributed by atoms with Crippen molar-refractivity contribution in [2.75, 3.05) is 10.6 Å². The second kappa shape index (κ2) is 4.06. The number of nitrogens with two attached hydrogens (primary N) is 1. The molecule has 0 radical (unpaired) electrons. The van der Waals surface area contributed by atoms with Crippen LogP contribution in [0.3, 0.4) is 0 Å². The molecule has 0 bridgehead atoms. The van der Waals surface area contributed by atoms with Crippen molar-refractivity contribution in [3.05, 3.63) is 23.8 Å². The number of anilines is 2. The highest BCUT2D eigenvalue weighted by Crippen LogP contribution is 2.31. The molecule has 0 atom stereocenters. The molecule has 1 aliphatic rings. The third-order valence-corrected chi connectivity index (χ3v) is 2.56. The third kappa shape index (κ3) is 2.59. The molecule has 1 aromatic carbocycles. The second-order valence-corrected chi connectivity index (χ2v) is 4.35. The SMILES string of the molecule is Cc1cccc(NC(N)=S)c1NC1CC1. The van der Waals surface area contributed by atoms with E-state index in [2.05, 4.69) is 23.6 Å². The molecule has 0 aromatic heterocycles. The van der Waals surface area contributed by atoms with Gasteiger partial charge in [-0.25, -0.2) is 0 Å². The Hall–Kier alpha value is -1.29. The molecule has 0 aliphatic heterocycles. The summed E-state index contributed by atoms with van der Waals surface area (Å²) in [4.78, 5) is 0. The monoisotopic (exact) mass is 221 g/mol. The first-order valence-corrected chi connectivity index (χ1v) is 5.50. The first-order chi connectivity index (χ1) is 7.16. The molecule has 0 heterocycles. The van der Waals surface area contributed by atoms with E-state index in [9.17, 15) is 0 Å². The summed E-state index contributed by atoms with van der Waals surface area (Å²) in [5, 5.41) is 6.78. The fourth-order valence-corrected chi connectivity index (χ4v) is 1.64. The minimum Gasteiger partial charge on any atom is -0.380 e. The zero-order chi connectivity index (χ0) is 10.8. The summed E-state index contributed by atoms with van der Waals surface area (Å²) in [5.41, 5.74) is 8.78. The van der Waals surface area contributed by atoms with E-state index in [0.717, 1.165) is 11.4 Å². The minimum atomic E-state index is 0.305. The van der Waals surface area contributed by atoms with E-state index < -0.39 is 0 Å². The Bertz CT molecular complexity index is 385. The van der Waals surface area contributed by atoms with Crippen LogP contribution >= 0.6 is 12.2 Å². The molecule has 80 valence electrons. The van der Waals surface area contributed by atoms with Crippen LogP contribution in [0.2, 0.25) is 0 Å². The maximum absolute atomic E-state index is 5.48. The van der Waals surface area contributed by atoms with Gasteiger partial charge in [0.15, 0.2) is 5.11 Å². The Kier molecular flexibility index (Phi) is 2.77. The van der Waals surface area contributed by atoms with Crippen LogP contribution in [0.25, 0.3) is 0 Å². The summed E-state index contributed by atoms with van der Waals surface area (Å²) in [6.07, 6.45) is 2.50. The number of hydrogen-bond acceptors (Lipinski definition) is 2. The van der Waals surface area contributed by atoms with Gasteiger partial charge in [0.25, 0.3) is 0 Å². The van der Waals surface area contributed by atoms with Crippen LogP contribution in [0.1, 0.15) is 18.4 Å². The zero-order valence-corrected chi connectivity index (χ0v) is 9.53.